The molecule has 0 unspecified atom stereocenters. The Bertz CT molecular complexity index is 545. The lowest BCUT2D eigenvalue weighted by atomic mass is 10.0. The Kier molecular flexibility index (Phi) is 3.86. The molecule has 20 heavy (non-hydrogen) atoms. The predicted molar refractivity (Wildman–Crippen MR) is 84.3 cm³/mol. The Labute approximate surface area is 120 Å². The molecule has 104 valence electrons. The summed E-state index contributed by atoms with van der Waals surface area (Å²) in [4.78, 5) is 6.80. The second-order valence-corrected chi connectivity index (χ2v) is 5.38. The molecule has 3 nitrogen and oxygen atoms in total. The second-order valence-electron chi connectivity index (χ2n) is 5.38. The number of aromatic nitrogens is 1. The number of aryl methyl sites for hydroxylation is 1. The van der Waals surface area contributed by atoms with E-state index in [4.69, 9.17) is 0 Å². The van der Waals surface area contributed by atoms with Crippen LogP contribution in [0, 0.1) is 6.92 Å². The molecule has 0 atom stereocenters. The summed E-state index contributed by atoms with van der Waals surface area (Å²) in [5.41, 5.74) is 3.59. The van der Waals surface area contributed by atoms with Crippen molar-refractivity contribution in [3.05, 3.63) is 54.4 Å². The molecule has 2 aromatic rings. The van der Waals surface area contributed by atoms with E-state index < -0.39 is 0 Å². The average molecular weight is 267 g/mol. The first-order chi connectivity index (χ1) is 9.83. The van der Waals surface area contributed by atoms with E-state index in [1.165, 1.54) is 24.2 Å². The first-order valence-electron chi connectivity index (χ1n) is 7.31. The number of piperidine rings is 1. The Morgan fingerprint density at radius 1 is 1.05 bits per heavy atom. The topological polar surface area (TPSA) is 28.2 Å². The van der Waals surface area contributed by atoms with Crippen molar-refractivity contribution in [2.24, 2.45) is 0 Å². The third kappa shape index (κ3) is 2.93. The summed E-state index contributed by atoms with van der Waals surface area (Å²) in [6.07, 6.45) is 4.19. The van der Waals surface area contributed by atoms with Crippen LogP contribution in [0.4, 0.5) is 11.4 Å². The van der Waals surface area contributed by atoms with E-state index in [0.717, 1.165) is 18.8 Å². The second kappa shape index (κ2) is 5.95. The van der Waals surface area contributed by atoms with Gasteiger partial charge >= 0.3 is 0 Å². The number of nitrogens with one attached hydrogen (secondary N) is 1. The van der Waals surface area contributed by atoms with Crippen LogP contribution in [0.1, 0.15) is 18.5 Å². The van der Waals surface area contributed by atoms with Crippen molar-refractivity contribution in [2.75, 3.05) is 23.3 Å². The SMILES string of the molecule is Cc1ncccc1NC1CCN(c2ccccc2)CC1. The summed E-state index contributed by atoms with van der Waals surface area (Å²) in [5.74, 6) is 0. The van der Waals surface area contributed by atoms with Crippen molar-refractivity contribution in [1.29, 1.82) is 0 Å². The third-order valence-corrected chi connectivity index (χ3v) is 3.98. The largest absolute Gasteiger partial charge is 0.381 e. The van der Waals surface area contributed by atoms with Gasteiger partial charge in [-0.2, -0.15) is 0 Å². The minimum absolute atomic E-state index is 0.554. The summed E-state index contributed by atoms with van der Waals surface area (Å²) in [6, 6.07) is 15.3. The van der Waals surface area contributed by atoms with E-state index in [2.05, 4.69) is 58.5 Å². The van der Waals surface area contributed by atoms with Gasteiger partial charge < -0.3 is 10.2 Å². The summed E-state index contributed by atoms with van der Waals surface area (Å²) in [7, 11) is 0. The van der Waals surface area contributed by atoms with Gasteiger partial charge in [0.2, 0.25) is 0 Å². The molecular weight excluding hydrogens is 246 g/mol. The number of nitrogens with zero attached hydrogens (tertiary/aromatic N) is 2. The van der Waals surface area contributed by atoms with E-state index >= 15 is 0 Å². The highest BCUT2D eigenvalue weighted by molar-refractivity contribution is 5.49. The average Bonchev–Trinajstić information content (AvgIpc) is 2.51. The van der Waals surface area contributed by atoms with Crippen LogP contribution in [-0.2, 0) is 0 Å². The van der Waals surface area contributed by atoms with Gasteiger partial charge in [0.1, 0.15) is 0 Å². The molecule has 0 amide bonds. The maximum absolute atomic E-state index is 4.33. The van der Waals surface area contributed by atoms with Crippen LogP contribution in [0.5, 0.6) is 0 Å². The lowest BCUT2D eigenvalue weighted by molar-refractivity contribution is 0.526. The van der Waals surface area contributed by atoms with Gasteiger partial charge in [0.05, 0.1) is 11.4 Å². The summed E-state index contributed by atoms with van der Waals surface area (Å²) in [5, 5.41) is 3.63. The van der Waals surface area contributed by atoms with Crippen LogP contribution in [0.15, 0.2) is 48.7 Å². The number of benzene rings is 1. The first kappa shape index (κ1) is 13.0. The third-order valence-electron chi connectivity index (χ3n) is 3.98. The van der Waals surface area contributed by atoms with Gasteiger partial charge in [0, 0.05) is 31.0 Å². The first-order valence-corrected chi connectivity index (χ1v) is 7.31. The molecule has 0 bridgehead atoms. The Hall–Kier alpha value is -2.03. The fourth-order valence-corrected chi connectivity index (χ4v) is 2.78. The molecule has 0 radical (unpaired) electrons. The zero-order valence-electron chi connectivity index (χ0n) is 11.9. The van der Waals surface area contributed by atoms with Crippen molar-refractivity contribution in [2.45, 2.75) is 25.8 Å². The normalized spacial score (nSPS) is 16.1. The van der Waals surface area contributed by atoms with Gasteiger partial charge in [0.25, 0.3) is 0 Å². The van der Waals surface area contributed by atoms with E-state index in [0.29, 0.717) is 6.04 Å². The van der Waals surface area contributed by atoms with Crippen LogP contribution in [0.2, 0.25) is 0 Å². The lowest BCUT2D eigenvalue weighted by Crippen LogP contribution is -2.39. The van der Waals surface area contributed by atoms with Gasteiger partial charge in [-0.25, -0.2) is 0 Å². The number of hydrogen-bond acceptors (Lipinski definition) is 3. The van der Waals surface area contributed by atoms with Crippen LogP contribution in [-0.4, -0.2) is 24.1 Å². The van der Waals surface area contributed by atoms with Crippen LogP contribution in [0.3, 0.4) is 0 Å². The smallest absolute Gasteiger partial charge is 0.0603 e. The summed E-state index contributed by atoms with van der Waals surface area (Å²) < 4.78 is 0. The van der Waals surface area contributed by atoms with Crippen LogP contribution in [0.25, 0.3) is 0 Å². The number of rotatable bonds is 3. The van der Waals surface area contributed by atoms with E-state index in [-0.39, 0.29) is 0 Å². The summed E-state index contributed by atoms with van der Waals surface area (Å²) in [6.45, 7) is 4.28. The predicted octanol–water partition coefficient (Wildman–Crippen LogP) is 3.47. The minimum atomic E-state index is 0.554. The lowest BCUT2D eigenvalue weighted by Gasteiger charge is -2.34. The maximum atomic E-state index is 4.33. The molecule has 3 heteroatoms. The van der Waals surface area contributed by atoms with E-state index in [1.54, 1.807) is 0 Å². The van der Waals surface area contributed by atoms with Gasteiger partial charge in [-0.3, -0.25) is 4.98 Å². The van der Waals surface area contributed by atoms with Crippen molar-refractivity contribution >= 4 is 11.4 Å². The molecule has 1 aromatic heterocycles. The van der Waals surface area contributed by atoms with E-state index in [9.17, 15) is 0 Å². The highest BCUT2D eigenvalue weighted by atomic mass is 15.1. The molecule has 1 N–H and O–H groups in total. The molecule has 1 saturated heterocycles. The van der Waals surface area contributed by atoms with Gasteiger partial charge in [-0.15, -0.1) is 0 Å². The minimum Gasteiger partial charge on any atom is -0.381 e. The maximum Gasteiger partial charge on any atom is 0.0603 e. The monoisotopic (exact) mass is 267 g/mol. The van der Waals surface area contributed by atoms with Crippen molar-refractivity contribution < 1.29 is 0 Å². The van der Waals surface area contributed by atoms with Crippen molar-refractivity contribution in [3.63, 3.8) is 0 Å². The number of hydrogen-bond donors (Lipinski definition) is 1. The molecule has 1 fully saturated rings. The Balaban J connectivity index is 1.58. The zero-order valence-corrected chi connectivity index (χ0v) is 11.9. The Morgan fingerprint density at radius 2 is 1.80 bits per heavy atom. The molecule has 0 saturated carbocycles. The van der Waals surface area contributed by atoms with Crippen molar-refractivity contribution in [3.8, 4) is 0 Å². The van der Waals surface area contributed by atoms with Gasteiger partial charge in [-0.05, 0) is 44.0 Å². The zero-order chi connectivity index (χ0) is 13.8. The quantitative estimate of drug-likeness (QED) is 0.923. The number of pyridine rings is 1. The fourth-order valence-electron chi connectivity index (χ4n) is 2.78. The molecule has 0 spiro atoms. The van der Waals surface area contributed by atoms with Gasteiger partial charge in [0.15, 0.2) is 0 Å². The molecule has 1 aromatic carbocycles. The molecule has 2 heterocycles. The molecule has 3 rings (SSSR count). The fraction of sp³-hybridized carbons (Fsp3) is 0.353. The van der Waals surface area contributed by atoms with Crippen molar-refractivity contribution in [1.82, 2.24) is 4.98 Å². The molecular formula is C17H21N3. The van der Waals surface area contributed by atoms with Crippen LogP contribution < -0.4 is 10.2 Å². The standard InChI is InChI=1S/C17H21N3/c1-14-17(8-5-11-18-14)19-15-9-12-20(13-10-15)16-6-3-2-4-7-16/h2-8,11,15,19H,9-10,12-13H2,1H3. The van der Waals surface area contributed by atoms with E-state index in [1.807, 2.05) is 12.3 Å². The highest BCUT2D eigenvalue weighted by Crippen LogP contribution is 2.22. The number of para-hydroxylation sites is 1. The highest BCUT2D eigenvalue weighted by Gasteiger charge is 2.19. The Morgan fingerprint density at radius 3 is 2.50 bits per heavy atom. The molecule has 1 aliphatic heterocycles. The number of anilines is 2. The summed E-state index contributed by atoms with van der Waals surface area (Å²) >= 11 is 0. The molecule has 1 aliphatic rings. The van der Waals surface area contributed by atoms with Gasteiger partial charge in [-0.1, -0.05) is 18.2 Å². The molecule has 0 aliphatic carbocycles. The van der Waals surface area contributed by atoms with Crippen LogP contribution >= 0.6 is 0 Å².